The van der Waals surface area contributed by atoms with E-state index in [1.807, 2.05) is 11.0 Å². The largest absolute Gasteiger partial charge is 0.497 e. The molecule has 2 bridgehead atoms. The van der Waals surface area contributed by atoms with E-state index in [0.717, 1.165) is 69.1 Å². The molecule has 1 amide bonds. The van der Waals surface area contributed by atoms with E-state index in [0.29, 0.717) is 12.8 Å². The van der Waals surface area contributed by atoms with Gasteiger partial charge < -0.3 is 14.7 Å². The first-order chi connectivity index (χ1) is 15.9. The van der Waals surface area contributed by atoms with E-state index in [1.54, 1.807) is 7.11 Å². The van der Waals surface area contributed by atoms with Gasteiger partial charge in [-0.1, -0.05) is 6.07 Å². The van der Waals surface area contributed by atoms with Crippen LogP contribution in [0.1, 0.15) is 62.5 Å². The molecule has 2 saturated carbocycles. The van der Waals surface area contributed by atoms with Crippen molar-refractivity contribution in [3.05, 3.63) is 29.3 Å². The zero-order valence-electron chi connectivity index (χ0n) is 19.7. The van der Waals surface area contributed by atoms with Gasteiger partial charge in [0.05, 0.1) is 12.7 Å². The molecule has 1 aromatic rings. The number of methoxy groups -OCH3 is 1. The molecule has 0 spiro atoms. The highest BCUT2D eigenvalue weighted by molar-refractivity contribution is 5.89. The van der Waals surface area contributed by atoms with Crippen LogP contribution in [0.15, 0.2) is 18.2 Å². The Labute approximate surface area is 196 Å². The van der Waals surface area contributed by atoms with Crippen molar-refractivity contribution < 1.29 is 19.4 Å². The first kappa shape index (κ1) is 21.6. The van der Waals surface area contributed by atoms with Crippen molar-refractivity contribution in [2.75, 3.05) is 33.3 Å². The van der Waals surface area contributed by atoms with Crippen LogP contribution in [0.5, 0.6) is 5.75 Å². The second-order valence-corrected chi connectivity index (χ2v) is 11.3. The first-order valence-corrected chi connectivity index (χ1v) is 12.9. The minimum atomic E-state index is -0.997. The van der Waals surface area contributed by atoms with E-state index in [-0.39, 0.29) is 30.1 Å². The maximum Gasteiger partial charge on any atom is 0.223 e. The lowest BCUT2D eigenvalue weighted by atomic mass is 9.47. The van der Waals surface area contributed by atoms with Gasteiger partial charge in [0, 0.05) is 49.9 Å². The van der Waals surface area contributed by atoms with Gasteiger partial charge in [0.1, 0.15) is 11.5 Å². The zero-order valence-corrected chi connectivity index (χ0v) is 19.7. The minimum absolute atomic E-state index is 0.00485. The van der Waals surface area contributed by atoms with Crippen LogP contribution in [0, 0.1) is 11.8 Å². The lowest BCUT2D eigenvalue weighted by Gasteiger charge is -2.64. The number of carbonyl (C=O) groups is 2. The van der Waals surface area contributed by atoms with Crippen LogP contribution < -0.4 is 4.74 Å². The Morgan fingerprint density at radius 3 is 2.73 bits per heavy atom. The fourth-order valence-corrected chi connectivity index (χ4v) is 7.45. The Hall–Kier alpha value is -1.92. The second-order valence-electron chi connectivity index (χ2n) is 11.3. The first-order valence-electron chi connectivity index (χ1n) is 12.9. The van der Waals surface area contributed by atoms with Crippen LogP contribution in [0.2, 0.25) is 0 Å². The number of amides is 1. The van der Waals surface area contributed by atoms with E-state index >= 15 is 0 Å². The molecule has 6 rings (SSSR count). The summed E-state index contributed by atoms with van der Waals surface area (Å²) >= 11 is 0. The Bertz CT molecular complexity index is 969. The molecule has 1 aromatic carbocycles. The van der Waals surface area contributed by atoms with Crippen LogP contribution in [-0.2, 0) is 21.4 Å². The van der Waals surface area contributed by atoms with Crippen LogP contribution in [0.3, 0.4) is 0 Å². The molecule has 33 heavy (non-hydrogen) atoms. The van der Waals surface area contributed by atoms with Gasteiger partial charge in [-0.3, -0.25) is 14.5 Å². The van der Waals surface area contributed by atoms with Crippen LogP contribution in [0.4, 0.5) is 0 Å². The molecule has 3 aliphatic carbocycles. The standard InChI is InChI=1S/C27H36N2O4/c1-33-21-7-6-19-12-24-27(32)15-20(13-25(31)28-9-2-3-10-28)23(30)16-26(27,22(19)14-21)8-11-29(24)17-18-4-5-18/h6-7,14,18,20,24,32H,2-5,8-13,15-17H2,1H3/t20-,24+,26+,27+/m0/s1. The molecule has 6 nitrogen and oxygen atoms in total. The summed E-state index contributed by atoms with van der Waals surface area (Å²) in [5, 5.41) is 12.6. The summed E-state index contributed by atoms with van der Waals surface area (Å²) in [7, 11) is 1.67. The summed E-state index contributed by atoms with van der Waals surface area (Å²) in [6.45, 7) is 3.57. The molecule has 0 radical (unpaired) electrons. The fraction of sp³-hybridized carbons (Fsp3) is 0.704. The number of Topliss-reactive ketones (excluding diaryl/α,β-unsaturated/α-hetero) is 1. The van der Waals surface area contributed by atoms with E-state index in [9.17, 15) is 14.7 Å². The lowest BCUT2D eigenvalue weighted by molar-refractivity contribution is -0.183. The van der Waals surface area contributed by atoms with Gasteiger partial charge >= 0.3 is 0 Å². The number of carbonyl (C=O) groups excluding carboxylic acids is 2. The molecule has 1 N–H and O–H groups in total. The molecule has 2 saturated heterocycles. The van der Waals surface area contributed by atoms with Crippen molar-refractivity contribution >= 4 is 11.7 Å². The Balaban J connectivity index is 1.37. The molecule has 0 aromatic heterocycles. The molecular weight excluding hydrogens is 416 g/mol. The van der Waals surface area contributed by atoms with Crippen LogP contribution in [0.25, 0.3) is 0 Å². The van der Waals surface area contributed by atoms with Gasteiger partial charge in [0.25, 0.3) is 0 Å². The van der Waals surface area contributed by atoms with Gasteiger partial charge in [-0.15, -0.1) is 0 Å². The number of ether oxygens (including phenoxy) is 1. The highest BCUT2D eigenvalue weighted by Crippen LogP contribution is 2.59. The second kappa shape index (κ2) is 7.81. The molecule has 0 unspecified atom stereocenters. The quantitative estimate of drug-likeness (QED) is 0.744. The average molecular weight is 453 g/mol. The maximum atomic E-state index is 13.5. The van der Waals surface area contributed by atoms with Crippen LogP contribution >= 0.6 is 0 Å². The third kappa shape index (κ3) is 3.35. The molecule has 5 aliphatic rings. The molecule has 2 aliphatic heterocycles. The lowest BCUT2D eigenvalue weighted by Crippen LogP contribution is -2.74. The van der Waals surface area contributed by atoms with Gasteiger partial charge in [0.2, 0.25) is 5.91 Å². The maximum absolute atomic E-state index is 13.5. The van der Waals surface area contributed by atoms with Crippen molar-refractivity contribution in [3.8, 4) is 5.75 Å². The summed E-state index contributed by atoms with van der Waals surface area (Å²) in [6, 6.07) is 6.21. The van der Waals surface area contributed by atoms with Crippen LogP contribution in [-0.4, -0.2) is 71.5 Å². The van der Waals surface area contributed by atoms with Gasteiger partial charge in [-0.05, 0) is 80.7 Å². The third-order valence-corrected chi connectivity index (χ3v) is 9.45. The van der Waals surface area contributed by atoms with Gasteiger partial charge in [0.15, 0.2) is 0 Å². The highest BCUT2D eigenvalue weighted by Gasteiger charge is 2.66. The van der Waals surface area contributed by atoms with Crippen molar-refractivity contribution in [1.29, 1.82) is 0 Å². The van der Waals surface area contributed by atoms with Crippen molar-refractivity contribution in [3.63, 3.8) is 0 Å². The number of ketones is 1. The Morgan fingerprint density at radius 1 is 1.21 bits per heavy atom. The van der Waals surface area contributed by atoms with Gasteiger partial charge in [-0.25, -0.2) is 0 Å². The molecule has 4 fully saturated rings. The number of fused-ring (bicyclic) bond motifs is 1. The minimum Gasteiger partial charge on any atom is -0.497 e. The third-order valence-electron chi connectivity index (χ3n) is 9.45. The van der Waals surface area contributed by atoms with Crippen molar-refractivity contribution in [1.82, 2.24) is 9.80 Å². The number of likely N-dealkylation sites (tertiary alicyclic amines) is 2. The number of rotatable bonds is 5. The summed E-state index contributed by atoms with van der Waals surface area (Å²) in [5.74, 6) is 1.38. The normalized spacial score (nSPS) is 35.8. The number of hydrogen-bond donors (Lipinski definition) is 1. The van der Waals surface area contributed by atoms with Crippen molar-refractivity contribution in [2.24, 2.45) is 11.8 Å². The average Bonchev–Trinajstić information content (AvgIpc) is 3.44. The van der Waals surface area contributed by atoms with E-state index in [2.05, 4.69) is 17.0 Å². The zero-order chi connectivity index (χ0) is 22.8. The monoisotopic (exact) mass is 452 g/mol. The van der Waals surface area contributed by atoms with Crippen molar-refractivity contribution in [2.45, 2.75) is 74.8 Å². The SMILES string of the molecule is COc1ccc2c(c1)[C@]13CCN(CC4CC4)[C@H](C2)[C@]1(O)C[C@H](CC(=O)N1CCCC1)C(=O)C3. The Kier molecular flexibility index (Phi) is 5.11. The number of piperidine rings is 1. The molecule has 178 valence electrons. The summed E-state index contributed by atoms with van der Waals surface area (Å²) in [6.07, 6.45) is 7.22. The molecular formula is C27H36N2O4. The number of hydrogen-bond acceptors (Lipinski definition) is 5. The highest BCUT2D eigenvalue weighted by atomic mass is 16.5. The fourth-order valence-electron chi connectivity index (χ4n) is 7.45. The topological polar surface area (TPSA) is 70.1 Å². The molecule has 4 atom stereocenters. The van der Waals surface area contributed by atoms with E-state index < -0.39 is 11.0 Å². The predicted octanol–water partition coefficient (Wildman–Crippen LogP) is 2.70. The number of aliphatic hydroxyl groups is 1. The molecule has 6 heteroatoms. The predicted molar refractivity (Wildman–Crippen MR) is 124 cm³/mol. The molecule has 2 heterocycles. The number of nitrogens with zero attached hydrogens (tertiary/aromatic N) is 2. The summed E-state index contributed by atoms with van der Waals surface area (Å²) in [5.41, 5.74) is 0.766. The Morgan fingerprint density at radius 2 is 2.00 bits per heavy atom. The van der Waals surface area contributed by atoms with E-state index in [4.69, 9.17) is 4.74 Å². The number of benzene rings is 1. The van der Waals surface area contributed by atoms with Gasteiger partial charge in [-0.2, -0.15) is 0 Å². The summed E-state index contributed by atoms with van der Waals surface area (Å²) < 4.78 is 5.54. The summed E-state index contributed by atoms with van der Waals surface area (Å²) in [4.78, 5) is 30.9. The smallest absolute Gasteiger partial charge is 0.223 e. The van der Waals surface area contributed by atoms with E-state index in [1.165, 1.54) is 18.4 Å².